The second-order valence-electron chi connectivity index (χ2n) is 37.9. The Morgan fingerprint density at radius 3 is 0.345 bits per heavy atom. The lowest BCUT2D eigenvalue weighted by atomic mass is 10.0. The molecule has 0 fully saturated rings. The Morgan fingerprint density at radius 1 is 0.134 bits per heavy atom. The first-order valence-electron chi connectivity index (χ1n) is 52.6. The van der Waals surface area contributed by atoms with Gasteiger partial charge in [0.1, 0.15) is 46.3 Å². The van der Waals surface area contributed by atoms with Crippen LogP contribution < -0.4 is 42.5 Å². The van der Waals surface area contributed by atoms with Gasteiger partial charge in [-0.3, -0.25) is 76.7 Å². The topological polar surface area (TPSA) is 389 Å². The van der Waals surface area contributed by atoms with Crippen LogP contribution in [0.3, 0.4) is 0 Å². The van der Waals surface area contributed by atoms with Crippen LogP contribution in [-0.4, -0.2) is 293 Å². The molecule has 0 unspecified atom stereocenters. The number of allylic oxidation sites excluding steroid dienone is 32. The molecule has 0 heterocycles. The number of amides is 8. The highest BCUT2D eigenvalue weighted by Crippen LogP contribution is 2.22. The molecule has 8 N–H and O–H groups in total. The quantitative estimate of drug-likeness (QED) is 0.0262. The normalized spacial score (nSPS) is 15.2. The molecule has 30 nitrogen and oxygen atoms in total. The summed E-state index contributed by atoms with van der Waals surface area (Å²) < 4.78 is 0. The predicted octanol–water partition coefficient (Wildman–Crippen LogP) is 9.92. The molecule has 8 amide bonds. The first-order chi connectivity index (χ1) is 69.1. The van der Waals surface area contributed by atoms with Crippen LogP contribution in [0, 0.1) is 47.3 Å². The third-order valence-corrected chi connectivity index (χ3v) is 26.5. The molecule has 0 spiro atoms. The molecule has 774 valence electrons. The van der Waals surface area contributed by atoms with E-state index in [4.69, 9.17) is 0 Å². The predicted molar refractivity (Wildman–Crippen MR) is 555 cm³/mol. The lowest BCUT2D eigenvalue weighted by Gasteiger charge is -2.29. The van der Waals surface area contributed by atoms with Gasteiger partial charge in [-0.05, 0) is 208 Å². The van der Waals surface area contributed by atoms with Crippen LogP contribution in [0.1, 0.15) is 193 Å². The Morgan fingerprint density at radius 2 is 0.232 bits per heavy atom. The molecule has 0 bridgehead atoms. The highest BCUT2D eigenvalue weighted by atomic mass is 16.2. The van der Waals surface area contributed by atoms with Crippen molar-refractivity contribution in [2.24, 2.45) is 47.3 Å². The number of rotatable bonds is 85. The molecule has 8 aliphatic rings. The van der Waals surface area contributed by atoms with Crippen molar-refractivity contribution in [1.29, 1.82) is 0 Å². The fourth-order valence-corrected chi connectivity index (χ4v) is 18.1. The minimum atomic E-state index is -0.311. The molecule has 8 rings (SSSR count). The van der Waals surface area contributed by atoms with E-state index in [9.17, 15) is 76.7 Å². The van der Waals surface area contributed by atoms with Gasteiger partial charge < -0.3 is 71.9 Å². The maximum absolute atomic E-state index is 13.2. The Labute approximate surface area is 842 Å². The van der Waals surface area contributed by atoms with E-state index in [0.717, 1.165) is 77.8 Å². The molecular weight excluding hydrogens is 1800 g/mol. The van der Waals surface area contributed by atoms with Crippen molar-refractivity contribution < 1.29 is 76.7 Å². The molecular formula is C112H160N14O16. The van der Waals surface area contributed by atoms with E-state index in [-0.39, 0.29) is 244 Å². The number of carbonyl (C=O) groups excluding carboxylic acids is 16. The molecule has 0 saturated carbocycles. The zero-order chi connectivity index (χ0) is 101. The van der Waals surface area contributed by atoms with E-state index >= 15 is 0 Å². The van der Waals surface area contributed by atoms with E-state index in [1.165, 1.54) is 0 Å². The summed E-state index contributed by atoms with van der Waals surface area (Å²) in [5.41, 5.74) is 0. The van der Waals surface area contributed by atoms with Crippen LogP contribution in [0.15, 0.2) is 194 Å². The highest BCUT2D eigenvalue weighted by molar-refractivity contribution is 5.94. The summed E-state index contributed by atoms with van der Waals surface area (Å²) >= 11 is 0. The summed E-state index contributed by atoms with van der Waals surface area (Å²) in [4.78, 5) is 223. The molecule has 0 aromatic rings. The van der Waals surface area contributed by atoms with Gasteiger partial charge in [-0.2, -0.15) is 0 Å². The Kier molecular flexibility index (Phi) is 57.5. The monoisotopic (exact) mass is 1960 g/mol. The minimum absolute atomic E-state index is 0.00593. The largest absolute Gasteiger partial charge is 0.356 e. The molecule has 142 heavy (non-hydrogen) atoms. The summed E-state index contributed by atoms with van der Waals surface area (Å²) in [5.74, 6) is -4.03. The van der Waals surface area contributed by atoms with Gasteiger partial charge in [0.2, 0.25) is 47.3 Å². The van der Waals surface area contributed by atoms with Crippen LogP contribution in [-0.2, 0) is 76.7 Å². The minimum Gasteiger partial charge on any atom is -0.356 e. The molecule has 0 atom stereocenters. The molecule has 0 saturated heterocycles. The number of hydrogen-bond acceptors (Lipinski definition) is 22. The van der Waals surface area contributed by atoms with Crippen molar-refractivity contribution in [3.8, 4) is 0 Å². The number of Topliss-reactive ketones (excluding diaryl/α,β-unsaturated/α-hetero) is 8. The third-order valence-electron chi connectivity index (χ3n) is 26.5. The summed E-state index contributed by atoms with van der Waals surface area (Å²) in [7, 11) is 0. The van der Waals surface area contributed by atoms with Crippen LogP contribution >= 0.6 is 0 Å². The first-order valence-corrected chi connectivity index (χ1v) is 52.6. The molecule has 0 radical (unpaired) electrons. The van der Waals surface area contributed by atoms with Gasteiger partial charge in [0.15, 0.2) is 0 Å². The summed E-state index contributed by atoms with van der Waals surface area (Å²) in [6, 6.07) is 0. The lowest BCUT2D eigenvalue weighted by molar-refractivity contribution is -0.126. The van der Waals surface area contributed by atoms with Crippen LogP contribution in [0.25, 0.3) is 0 Å². The average Bonchev–Trinajstić information content (AvgIpc) is 1.84. The molecule has 0 aliphatic heterocycles. The Bertz CT molecular complexity index is 3690. The standard InChI is InChI=1S/C112H160N14O16/c127-97(89-31-1-2-32-89)47-55-105(135)113-63-19-73-123(74-20-64-114-106(136)56-48-98(128)90-33-3-4-34-90)85-27-81-121(82-28-86-124(75-21-65-115-107(137)57-49-99(129)91-35-5-6-36-91)76-22-66-116-108(138)58-50-100(130)92-37-7-8-38-92)71-17-18-72-122(83-29-87-125(77-23-67-117-109(139)59-51-101(131)93-39-9-10-40-93)78-24-68-118-110(140)60-52-102(132)94-41-11-12-42-94)84-30-88-126(79-25-69-119-111(141)61-53-103(133)95-43-13-14-44-95)80-26-70-120-112(142)62-54-104(134)96-45-15-16-46-96/h1-16,31-46,89-96H,17-30,47-88H2,(H,113,135)(H,114,136)(H,115,137)(H,116,138)(H,117,139)(H,118,140)(H,119,141)(H,120,142). The van der Waals surface area contributed by atoms with Gasteiger partial charge in [0.05, 0.1) is 47.3 Å². The van der Waals surface area contributed by atoms with E-state index in [1.54, 1.807) is 0 Å². The van der Waals surface area contributed by atoms with E-state index < -0.39 is 0 Å². The molecule has 30 heteroatoms. The van der Waals surface area contributed by atoms with Crippen LogP contribution in [0.5, 0.6) is 0 Å². The zero-order valence-electron chi connectivity index (χ0n) is 83.9. The number of carbonyl (C=O) groups is 16. The summed E-state index contributed by atoms with van der Waals surface area (Å²) in [6.45, 7) is 15.9. The van der Waals surface area contributed by atoms with Crippen molar-refractivity contribution in [3.63, 3.8) is 0 Å². The van der Waals surface area contributed by atoms with Crippen LogP contribution in [0.4, 0.5) is 0 Å². The average molecular weight is 1960 g/mol. The van der Waals surface area contributed by atoms with Gasteiger partial charge in [0, 0.05) is 155 Å². The second kappa shape index (κ2) is 70.4. The highest BCUT2D eigenvalue weighted by Gasteiger charge is 2.26. The zero-order valence-corrected chi connectivity index (χ0v) is 83.9. The van der Waals surface area contributed by atoms with Gasteiger partial charge in [-0.25, -0.2) is 0 Å². The van der Waals surface area contributed by atoms with Gasteiger partial charge in [-0.15, -0.1) is 0 Å². The number of hydrogen-bond donors (Lipinski definition) is 8. The van der Waals surface area contributed by atoms with Crippen molar-refractivity contribution in [1.82, 2.24) is 71.9 Å². The van der Waals surface area contributed by atoms with Crippen molar-refractivity contribution in [2.75, 3.05) is 170 Å². The number of nitrogens with zero attached hydrogens (tertiary/aromatic N) is 6. The Balaban J connectivity index is 0.979. The fourth-order valence-electron chi connectivity index (χ4n) is 18.1. The number of ketones is 8. The van der Waals surface area contributed by atoms with Crippen molar-refractivity contribution in [3.05, 3.63) is 194 Å². The number of nitrogens with one attached hydrogen (secondary N) is 8. The Hall–Kier alpha value is -11.3. The van der Waals surface area contributed by atoms with Crippen molar-refractivity contribution >= 4 is 93.5 Å². The molecule has 8 aliphatic carbocycles. The number of unbranched alkanes of at least 4 members (excludes halogenated alkanes) is 1. The maximum atomic E-state index is 13.2. The fraction of sp³-hybridized carbons (Fsp3) is 0.571. The van der Waals surface area contributed by atoms with E-state index in [1.807, 2.05) is 194 Å². The smallest absolute Gasteiger partial charge is 0.220 e. The van der Waals surface area contributed by atoms with Gasteiger partial charge in [-0.1, -0.05) is 194 Å². The van der Waals surface area contributed by atoms with Crippen molar-refractivity contribution in [2.45, 2.75) is 193 Å². The molecule has 0 aromatic heterocycles. The van der Waals surface area contributed by atoms with Gasteiger partial charge in [0.25, 0.3) is 0 Å². The van der Waals surface area contributed by atoms with Crippen LogP contribution in [0.2, 0.25) is 0 Å². The molecule has 0 aromatic carbocycles. The first kappa shape index (κ1) is 116. The lowest BCUT2D eigenvalue weighted by Crippen LogP contribution is -2.37. The van der Waals surface area contributed by atoms with E-state index in [0.29, 0.717) is 182 Å². The van der Waals surface area contributed by atoms with Gasteiger partial charge >= 0.3 is 0 Å². The SMILES string of the molecule is O=C(CCC(=O)C1C=CC=C1)NCCCN(CCCNC(=O)CCC(=O)C1C=CC=C1)CCCN(CCCCN(CCCN(CCCNC(=O)CCC(=O)C1C=CC=C1)CCCNC(=O)CCC(=O)C1C=CC=C1)CCCN(CCCNC(=O)CCC(=O)C1C=CC=C1)CCCNC(=O)CCC(=O)C1C=CC=C1)CCCN(CCCNC(=O)CCC(=O)C1C=CC=C1)CCCNC(=O)CCC(=O)C1C=CC=C1. The summed E-state index contributed by atoms with van der Waals surface area (Å²) in [5, 5.41) is 24.3. The van der Waals surface area contributed by atoms with E-state index in [2.05, 4.69) is 71.9 Å². The third kappa shape index (κ3) is 50.6. The maximum Gasteiger partial charge on any atom is 0.220 e. The summed E-state index contributed by atoms with van der Waals surface area (Å²) in [6.07, 6.45) is 70.5. The second-order valence-corrected chi connectivity index (χ2v) is 37.9.